The van der Waals surface area contributed by atoms with Gasteiger partial charge in [-0.05, 0) is 24.0 Å². The van der Waals surface area contributed by atoms with Crippen LogP contribution in [0.1, 0.15) is 30.9 Å². The quantitative estimate of drug-likeness (QED) is 0.469. The highest BCUT2D eigenvalue weighted by Gasteiger charge is 2.72. The fourth-order valence-electron chi connectivity index (χ4n) is 7.20. The predicted molar refractivity (Wildman–Crippen MR) is 158 cm³/mol. The van der Waals surface area contributed by atoms with Crippen molar-refractivity contribution in [3.8, 4) is 0 Å². The molecule has 0 bridgehead atoms. The fourth-order valence-corrected chi connectivity index (χ4v) is 7.20. The molecule has 4 aliphatic heterocycles. The molecule has 2 saturated heterocycles. The topological polar surface area (TPSA) is 90.4 Å². The second-order valence-electron chi connectivity index (χ2n) is 11.8. The number of ether oxygens (including phenoxy) is 1. The molecular formula is C34H39N3O5. The summed E-state index contributed by atoms with van der Waals surface area (Å²) in [6.45, 7) is 3.58. The molecule has 6 rings (SSSR count). The molecule has 1 N–H and O–H groups in total. The minimum absolute atomic E-state index is 0.152. The number of aliphatic hydroxyl groups excluding tert-OH is 1. The standard InChI is InChI=1S/C34H39N3O5/c1-2-3-18-35-20-11-17-34-29(28-27(42-34)16-10-19-36(31(28)39)22-25-14-8-5-9-15-25)32(40)37(30(34)33(35)41)26(23-38)21-24-12-6-4-7-13-24/h4-17,26-30,38H,2-3,18-23H2,1H3/t26-,27-,28+,29+,30?,34+/m1/s1. The Morgan fingerprint density at radius 2 is 1.60 bits per heavy atom. The van der Waals surface area contributed by atoms with Gasteiger partial charge in [0.1, 0.15) is 11.6 Å². The van der Waals surface area contributed by atoms with Crippen molar-refractivity contribution in [2.45, 2.75) is 56.5 Å². The van der Waals surface area contributed by atoms with Gasteiger partial charge in [-0.15, -0.1) is 0 Å². The molecule has 8 heteroatoms. The number of nitrogens with zero attached hydrogens (tertiary/aromatic N) is 3. The molecule has 4 aliphatic rings. The van der Waals surface area contributed by atoms with Crippen molar-refractivity contribution in [3.63, 3.8) is 0 Å². The summed E-state index contributed by atoms with van der Waals surface area (Å²) >= 11 is 0. The van der Waals surface area contributed by atoms with Crippen LogP contribution in [-0.2, 0) is 32.1 Å². The van der Waals surface area contributed by atoms with E-state index in [1.165, 1.54) is 0 Å². The van der Waals surface area contributed by atoms with Crippen LogP contribution in [0.5, 0.6) is 0 Å². The van der Waals surface area contributed by atoms with Gasteiger partial charge < -0.3 is 24.5 Å². The van der Waals surface area contributed by atoms with E-state index in [1.54, 1.807) is 14.7 Å². The molecule has 0 radical (unpaired) electrons. The number of rotatable bonds is 9. The number of unbranched alkanes of at least 4 members (excludes halogenated alkanes) is 1. The molecule has 2 fully saturated rings. The van der Waals surface area contributed by atoms with Crippen molar-refractivity contribution < 1.29 is 24.2 Å². The van der Waals surface area contributed by atoms with E-state index >= 15 is 0 Å². The molecular weight excluding hydrogens is 530 g/mol. The predicted octanol–water partition coefficient (Wildman–Crippen LogP) is 2.97. The smallest absolute Gasteiger partial charge is 0.249 e. The first-order valence-corrected chi connectivity index (χ1v) is 15.1. The van der Waals surface area contributed by atoms with Crippen LogP contribution in [0.3, 0.4) is 0 Å². The third-order valence-electron chi connectivity index (χ3n) is 9.18. The molecule has 42 heavy (non-hydrogen) atoms. The van der Waals surface area contributed by atoms with Crippen LogP contribution in [0.15, 0.2) is 85.0 Å². The first-order valence-electron chi connectivity index (χ1n) is 15.1. The summed E-state index contributed by atoms with van der Waals surface area (Å²) in [6, 6.07) is 17.9. The first kappa shape index (κ1) is 28.4. The molecule has 1 unspecified atom stereocenters. The molecule has 1 spiro atoms. The van der Waals surface area contributed by atoms with E-state index in [0.717, 1.165) is 24.0 Å². The zero-order chi connectivity index (χ0) is 29.3. The minimum atomic E-state index is -1.30. The lowest BCUT2D eigenvalue weighted by atomic mass is 9.77. The third kappa shape index (κ3) is 4.86. The van der Waals surface area contributed by atoms with Gasteiger partial charge in [0.15, 0.2) is 0 Å². The molecule has 0 aromatic heterocycles. The summed E-state index contributed by atoms with van der Waals surface area (Å²) in [5.74, 6) is -2.30. The number of hydrogen-bond acceptors (Lipinski definition) is 5. The zero-order valence-electron chi connectivity index (χ0n) is 24.0. The summed E-state index contributed by atoms with van der Waals surface area (Å²) in [5, 5.41) is 10.7. The van der Waals surface area contributed by atoms with E-state index in [9.17, 15) is 19.5 Å². The summed E-state index contributed by atoms with van der Waals surface area (Å²) in [7, 11) is 0. The average Bonchev–Trinajstić information content (AvgIpc) is 3.34. The normalized spacial score (nSPS) is 29.3. The number of carbonyl (C=O) groups excluding carboxylic acids is 3. The lowest BCUT2D eigenvalue weighted by Crippen LogP contribution is -2.58. The maximum Gasteiger partial charge on any atom is 0.249 e. The molecule has 8 nitrogen and oxygen atoms in total. The Labute approximate surface area is 247 Å². The Hall–Kier alpha value is -3.75. The zero-order valence-corrected chi connectivity index (χ0v) is 24.0. The maximum atomic E-state index is 14.6. The van der Waals surface area contributed by atoms with Gasteiger partial charge in [-0.2, -0.15) is 0 Å². The van der Waals surface area contributed by atoms with E-state index in [1.807, 2.05) is 85.0 Å². The third-order valence-corrected chi connectivity index (χ3v) is 9.18. The molecule has 0 aliphatic carbocycles. The van der Waals surface area contributed by atoms with Crippen molar-refractivity contribution in [2.24, 2.45) is 11.8 Å². The lowest BCUT2D eigenvalue weighted by Gasteiger charge is -2.38. The molecule has 6 atom stereocenters. The maximum absolute atomic E-state index is 14.6. The number of hydrogen-bond donors (Lipinski definition) is 1. The van der Waals surface area contributed by atoms with Gasteiger partial charge in [0, 0.05) is 26.2 Å². The molecule has 0 saturated carbocycles. The van der Waals surface area contributed by atoms with Crippen LogP contribution >= 0.6 is 0 Å². The number of carbonyl (C=O) groups is 3. The second-order valence-corrected chi connectivity index (χ2v) is 11.8. The van der Waals surface area contributed by atoms with Crippen molar-refractivity contribution in [3.05, 3.63) is 96.1 Å². The summed E-state index contributed by atoms with van der Waals surface area (Å²) in [6.07, 6.45) is 9.14. The van der Waals surface area contributed by atoms with Gasteiger partial charge in [-0.1, -0.05) is 98.3 Å². The van der Waals surface area contributed by atoms with Crippen molar-refractivity contribution in [2.75, 3.05) is 26.2 Å². The van der Waals surface area contributed by atoms with E-state index in [4.69, 9.17) is 4.74 Å². The average molecular weight is 570 g/mol. The largest absolute Gasteiger partial charge is 0.394 e. The molecule has 3 amide bonds. The minimum Gasteiger partial charge on any atom is -0.394 e. The van der Waals surface area contributed by atoms with Crippen LogP contribution in [-0.4, -0.2) is 87.6 Å². The number of fused-ring (bicyclic) bond motifs is 2. The van der Waals surface area contributed by atoms with Crippen LogP contribution < -0.4 is 0 Å². The Morgan fingerprint density at radius 3 is 2.29 bits per heavy atom. The fraction of sp³-hybridized carbons (Fsp3) is 0.441. The van der Waals surface area contributed by atoms with Crippen LogP contribution in [0.25, 0.3) is 0 Å². The number of benzene rings is 2. The van der Waals surface area contributed by atoms with Gasteiger partial charge in [-0.3, -0.25) is 14.4 Å². The van der Waals surface area contributed by atoms with Gasteiger partial charge in [0.25, 0.3) is 0 Å². The van der Waals surface area contributed by atoms with Crippen molar-refractivity contribution in [1.29, 1.82) is 0 Å². The summed E-state index contributed by atoms with van der Waals surface area (Å²) < 4.78 is 6.77. The van der Waals surface area contributed by atoms with E-state index < -0.39 is 35.6 Å². The van der Waals surface area contributed by atoms with Crippen LogP contribution in [0.2, 0.25) is 0 Å². The van der Waals surface area contributed by atoms with Crippen molar-refractivity contribution in [1.82, 2.24) is 14.7 Å². The molecule has 4 heterocycles. The number of likely N-dealkylation sites (tertiary alicyclic amines) is 1. The van der Waals surface area contributed by atoms with Crippen molar-refractivity contribution >= 4 is 17.7 Å². The van der Waals surface area contributed by atoms with Crippen LogP contribution in [0.4, 0.5) is 0 Å². The van der Waals surface area contributed by atoms with E-state index in [2.05, 4.69) is 6.92 Å². The SMILES string of the molecule is CCCCN1CC=C[C@]23O[C@@H]4C=CCN(Cc5ccccc5)C(=O)[C@@H]4[C@H]2C(=O)N([C@@H](CO)Cc2ccccc2)C3C1=O. The highest BCUT2D eigenvalue weighted by Crippen LogP contribution is 2.54. The first-order chi connectivity index (χ1) is 20.5. The monoisotopic (exact) mass is 569 g/mol. The Kier molecular flexibility index (Phi) is 8.01. The number of aliphatic hydroxyl groups is 1. The summed E-state index contributed by atoms with van der Waals surface area (Å²) in [5.41, 5.74) is 0.656. The Morgan fingerprint density at radius 1 is 0.905 bits per heavy atom. The molecule has 2 aromatic rings. The van der Waals surface area contributed by atoms with Gasteiger partial charge in [0.2, 0.25) is 17.7 Å². The highest BCUT2D eigenvalue weighted by atomic mass is 16.5. The van der Waals surface area contributed by atoms with E-state index in [0.29, 0.717) is 32.6 Å². The summed E-state index contributed by atoms with van der Waals surface area (Å²) in [4.78, 5) is 48.4. The highest BCUT2D eigenvalue weighted by molar-refractivity contribution is 6.00. The molecule has 220 valence electrons. The van der Waals surface area contributed by atoms with Gasteiger partial charge in [-0.25, -0.2) is 0 Å². The Bertz CT molecular complexity index is 1360. The van der Waals surface area contributed by atoms with Gasteiger partial charge >= 0.3 is 0 Å². The second kappa shape index (κ2) is 11.9. The van der Waals surface area contributed by atoms with Crippen LogP contribution in [0, 0.1) is 11.8 Å². The van der Waals surface area contributed by atoms with E-state index in [-0.39, 0.29) is 24.3 Å². The number of amides is 3. The van der Waals surface area contributed by atoms with Gasteiger partial charge in [0.05, 0.1) is 30.6 Å². The molecule has 2 aromatic carbocycles. The lowest BCUT2D eigenvalue weighted by molar-refractivity contribution is -0.151. The Balaban J connectivity index is 1.40.